The van der Waals surface area contributed by atoms with Crippen molar-refractivity contribution in [3.63, 3.8) is 0 Å². The molecule has 0 saturated carbocycles. The summed E-state index contributed by atoms with van der Waals surface area (Å²) in [6.45, 7) is 2.18. The number of benzene rings is 2. The number of ether oxygens (including phenoxy) is 2. The monoisotopic (exact) mass is 279 g/mol. The summed E-state index contributed by atoms with van der Waals surface area (Å²) in [7, 11) is 0. The van der Waals surface area contributed by atoms with Gasteiger partial charge in [-0.05, 0) is 31.2 Å². The maximum atomic E-state index is 5.87. The van der Waals surface area contributed by atoms with Gasteiger partial charge in [-0.15, -0.1) is 5.10 Å². The van der Waals surface area contributed by atoms with Gasteiger partial charge in [0.25, 0.3) is 0 Å². The van der Waals surface area contributed by atoms with Crippen LogP contribution in [0.2, 0.25) is 0 Å². The summed E-state index contributed by atoms with van der Waals surface area (Å²) in [5, 5.41) is 10.6. The molecule has 0 unspecified atom stereocenters. The largest absolute Gasteiger partial charge is 0.454 e. The average Bonchev–Trinajstić information content (AvgIpc) is 2.93. The van der Waals surface area contributed by atoms with Gasteiger partial charge in [-0.3, -0.25) is 0 Å². The van der Waals surface area contributed by atoms with Crippen LogP contribution in [0.3, 0.4) is 0 Å². The van der Waals surface area contributed by atoms with Crippen molar-refractivity contribution in [2.75, 3.05) is 12.5 Å². The van der Waals surface area contributed by atoms with Gasteiger partial charge in [0.2, 0.25) is 6.79 Å². The minimum atomic E-state index is 0.249. The van der Waals surface area contributed by atoms with Crippen LogP contribution in [0, 0.1) is 6.92 Å². The number of aryl methyl sites for hydroxylation is 1. The molecular formula is C16H13N3O2. The van der Waals surface area contributed by atoms with Crippen LogP contribution < -0.4 is 15.2 Å². The summed E-state index contributed by atoms with van der Waals surface area (Å²) in [6, 6.07) is 11.5. The van der Waals surface area contributed by atoms with Gasteiger partial charge in [0, 0.05) is 22.0 Å². The first-order valence-corrected chi connectivity index (χ1v) is 6.65. The molecule has 0 radical (unpaired) electrons. The first kappa shape index (κ1) is 12.0. The normalized spacial score (nSPS) is 12.8. The van der Waals surface area contributed by atoms with Gasteiger partial charge in [-0.1, -0.05) is 12.1 Å². The second-order valence-corrected chi connectivity index (χ2v) is 5.01. The molecule has 2 N–H and O–H groups in total. The van der Waals surface area contributed by atoms with Crippen LogP contribution in [0.4, 0.5) is 5.69 Å². The Morgan fingerprint density at radius 2 is 1.76 bits per heavy atom. The third kappa shape index (κ3) is 1.86. The van der Waals surface area contributed by atoms with E-state index in [4.69, 9.17) is 15.2 Å². The minimum Gasteiger partial charge on any atom is -0.454 e. The summed E-state index contributed by atoms with van der Waals surface area (Å²) in [6.07, 6.45) is 0. The Morgan fingerprint density at radius 1 is 1.00 bits per heavy atom. The molecule has 1 aromatic heterocycles. The number of hydrogen-bond acceptors (Lipinski definition) is 5. The predicted octanol–water partition coefficient (Wildman–Crippen LogP) is 2.92. The molecule has 0 amide bonds. The molecular weight excluding hydrogens is 266 g/mol. The van der Waals surface area contributed by atoms with Gasteiger partial charge >= 0.3 is 0 Å². The minimum absolute atomic E-state index is 0.249. The molecule has 21 heavy (non-hydrogen) atoms. The van der Waals surface area contributed by atoms with E-state index < -0.39 is 0 Å². The lowest BCUT2D eigenvalue weighted by Gasteiger charge is -2.09. The van der Waals surface area contributed by atoms with Crippen molar-refractivity contribution >= 4 is 16.5 Å². The standard InChI is InChI=1S/C16H13N3O2/c1-9-12-6-14-15(21-8-20-14)7-13(12)16(19-18-9)10-3-2-4-11(17)5-10/h2-7H,8,17H2,1H3. The highest BCUT2D eigenvalue weighted by molar-refractivity contribution is 5.97. The summed E-state index contributed by atoms with van der Waals surface area (Å²) in [4.78, 5) is 0. The van der Waals surface area contributed by atoms with E-state index in [1.54, 1.807) is 0 Å². The first-order chi connectivity index (χ1) is 10.2. The Bertz CT molecular complexity index is 862. The number of fused-ring (bicyclic) bond motifs is 2. The molecule has 1 aliphatic heterocycles. The zero-order chi connectivity index (χ0) is 14.4. The average molecular weight is 279 g/mol. The van der Waals surface area contributed by atoms with E-state index in [0.717, 1.165) is 39.2 Å². The molecule has 4 rings (SSSR count). The quantitative estimate of drug-likeness (QED) is 0.693. The molecule has 0 spiro atoms. The number of nitrogen functional groups attached to an aromatic ring is 1. The van der Waals surface area contributed by atoms with Gasteiger partial charge in [-0.25, -0.2) is 0 Å². The molecule has 3 aromatic rings. The molecule has 0 bridgehead atoms. The van der Waals surface area contributed by atoms with Crippen LogP contribution in [0.15, 0.2) is 36.4 Å². The number of aromatic nitrogens is 2. The highest BCUT2D eigenvalue weighted by Gasteiger charge is 2.18. The number of hydrogen-bond donors (Lipinski definition) is 1. The molecule has 0 saturated heterocycles. The maximum Gasteiger partial charge on any atom is 0.231 e. The van der Waals surface area contributed by atoms with Crippen molar-refractivity contribution in [2.45, 2.75) is 6.92 Å². The van der Waals surface area contributed by atoms with Crippen LogP contribution in [0.25, 0.3) is 22.0 Å². The molecule has 0 fully saturated rings. The Balaban J connectivity index is 2.04. The molecule has 5 nitrogen and oxygen atoms in total. The summed E-state index contributed by atoms with van der Waals surface area (Å²) >= 11 is 0. The van der Waals surface area contributed by atoms with Crippen molar-refractivity contribution in [3.8, 4) is 22.8 Å². The molecule has 2 aromatic carbocycles. The van der Waals surface area contributed by atoms with Gasteiger partial charge in [0.1, 0.15) is 5.69 Å². The lowest BCUT2D eigenvalue weighted by Crippen LogP contribution is -1.95. The van der Waals surface area contributed by atoms with Crippen molar-refractivity contribution in [1.82, 2.24) is 10.2 Å². The van der Waals surface area contributed by atoms with Crippen molar-refractivity contribution in [2.24, 2.45) is 0 Å². The van der Waals surface area contributed by atoms with Crippen LogP contribution in [-0.2, 0) is 0 Å². The van der Waals surface area contributed by atoms with Gasteiger partial charge in [-0.2, -0.15) is 5.10 Å². The van der Waals surface area contributed by atoms with E-state index in [0.29, 0.717) is 5.69 Å². The lowest BCUT2D eigenvalue weighted by molar-refractivity contribution is 0.174. The second-order valence-electron chi connectivity index (χ2n) is 5.01. The lowest BCUT2D eigenvalue weighted by atomic mass is 10.0. The number of nitrogens with two attached hydrogens (primary N) is 1. The van der Waals surface area contributed by atoms with E-state index in [9.17, 15) is 0 Å². The Kier molecular flexibility index (Phi) is 2.47. The molecule has 5 heteroatoms. The van der Waals surface area contributed by atoms with Crippen LogP contribution in [-0.4, -0.2) is 17.0 Å². The number of rotatable bonds is 1. The smallest absolute Gasteiger partial charge is 0.231 e. The fraction of sp³-hybridized carbons (Fsp3) is 0.125. The summed E-state index contributed by atoms with van der Waals surface area (Å²) in [5.74, 6) is 1.48. The predicted molar refractivity (Wildman–Crippen MR) is 80.2 cm³/mol. The van der Waals surface area contributed by atoms with Gasteiger partial charge in [0.15, 0.2) is 11.5 Å². The molecule has 2 heterocycles. The van der Waals surface area contributed by atoms with Crippen molar-refractivity contribution in [3.05, 3.63) is 42.1 Å². The van der Waals surface area contributed by atoms with E-state index in [-0.39, 0.29) is 6.79 Å². The Morgan fingerprint density at radius 3 is 2.52 bits per heavy atom. The third-order valence-electron chi connectivity index (χ3n) is 3.62. The van der Waals surface area contributed by atoms with Crippen LogP contribution in [0.5, 0.6) is 11.5 Å². The fourth-order valence-electron chi connectivity index (χ4n) is 2.57. The van der Waals surface area contributed by atoms with Gasteiger partial charge < -0.3 is 15.2 Å². The molecule has 0 atom stereocenters. The van der Waals surface area contributed by atoms with Crippen molar-refractivity contribution in [1.29, 1.82) is 0 Å². The third-order valence-corrected chi connectivity index (χ3v) is 3.62. The van der Waals surface area contributed by atoms with Gasteiger partial charge in [0.05, 0.1) is 5.69 Å². The maximum absolute atomic E-state index is 5.87. The second kappa shape index (κ2) is 4.34. The zero-order valence-electron chi connectivity index (χ0n) is 11.5. The van der Waals surface area contributed by atoms with E-state index in [2.05, 4.69) is 10.2 Å². The number of anilines is 1. The highest BCUT2D eigenvalue weighted by Crippen LogP contribution is 2.39. The molecule has 1 aliphatic rings. The van der Waals surface area contributed by atoms with Crippen molar-refractivity contribution < 1.29 is 9.47 Å². The van der Waals surface area contributed by atoms with E-state index in [1.807, 2.05) is 43.3 Å². The topological polar surface area (TPSA) is 70.3 Å². The fourth-order valence-corrected chi connectivity index (χ4v) is 2.57. The van der Waals surface area contributed by atoms with Crippen LogP contribution in [0.1, 0.15) is 5.69 Å². The SMILES string of the molecule is Cc1nnc(-c2cccc(N)c2)c2cc3c(cc12)OCO3. The Hall–Kier alpha value is -2.82. The summed E-state index contributed by atoms with van der Waals surface area (Å²) < 4.78 is 10.9. The molecule has 0 aliphatic carbocycles. The number of nitrogens with zero attached hydrogens (tertiary/aromatic N) is 2. The zero-order valence-corrected chi connectivity index (χ0v) is 11.5. The molecule has 104 valence electrons. The Labute approximate surface area is 121 Å². The van der Waals surface area contributed by atoms with E-state index in [1.165, 1.54) is 0 Å². The highest BCUT2D eigenvalue weighted by atomic mass is 16.7. The first-order valence-electron chi connectivity index (χ1n) is 6.65. The van der Waals surface area contributed by atoms with E-state index >= 15 is 0 Å². The summed E-state index contributed by atoms with van der Waals surface area (Å²) in [5.41, 5.74) is 9.15. The van der Waals surface area contributed by atoms with Crippen LogP contribution >= 0.6 is 0 Å².